The first-order valence-corrected chi connectivity index (χ1v) is 10.9. The van der Waals surface area contributed by atoms with E-state index in [1.165, 1.54) is 12.1 Å². The molecule has 1 amide bonds. The van der Waals surface area contributed by atoms with Crippen LogP contribution in [0.5, 0.6) is 5.75 Å². The van der Waals surface area contributed by atoms with Crippen molar-refractivity contribution in [2.75, 3.05) is 19.4 Å². The van der Waals surface area contributed by atoms with Crippen LogP contribution >= 0.6 is 0 Å². The number of carbonyl (C=O) groups excluding carboxylic acids is 1. The van der Waals surface area contributed by atoms with E-state index in [2.05, 4.69) is 9.97 Å². The van der Waals surface area contributed by atoms with Gasteiger partial charge < -0.3 is 20.1 Å². The Morgan fingerprint density at radius 2 is 2.15 bits per heavy atom. The van der Waals surface area contributed by atoms with Crippen molar-refractivity contribution in [2.45, 2.75) is 31.6 Å². The molecule has 168 valence electrons. The van der Waals surface area contributed by atoms with Crippen LogP contribution in [-0.4, -0.2) is 44.9 Å². The standard InChI is InChI=1S/C24H22FN5O3/c1-32-14-4-5-15-13(7-14)11-33-21-3-2-6-29(22(15)21)24(31)16-8-19-18(9-17(16)25)28-23(26)20-10-27-12-30(19)20/h4-5,7-10,12,21-22H,2-3,6,11H2,1H3,(H2,26,28)/t21?,22-/m0/s1. The number of halogens is 1. The van der Waals surface area contributed by atoms with E-state index in [1.807, 2.05) is 18.2 Å². The number of imidazole rings is 1. The predicted molar refractivity (Wildman–Crippen MR) is 119 cm³/mol. The zero-order chi connectivity index (χ0) is 22.7. The van der Waals surface area contributed by atoms with Crippen molar-refractivity contribution in [3.05, 3.63) is 65.4 Å². The summed E-state index contributed by atoms with van der Waals surface area (Å²) in [5.41, 5.74) is 9.51. The van der Waals surface area contributed by atoms with Crippen LogP contribution in [0, 0.1) is 5.82 Å². The Kier molecular flexibility index (Phi) is 4.48. The topological polar surface area (TPSA) is 95.0 Å². The van der Waals surface area contributed by atoms with Crippen LogP contribution in [0.2, 0.25) is 0 Å². The van der Waals surface area contributed by atoms with Crippen molar-refractivity contribution in [1.82, 2.24) is 19.3 Å². The number of likely N-dealkylation sites (tertiary alicyclic amines) is 1. The molecule has 0 radical (unpaired) electrons. The highest BCUT2D eigenvalue weighted by molar-refractivity contribution is 5.99. The molecule has 2 N–H and O–H groups in total. The summed E-state index contributed by atoms with van der Waals surface area (Å²) in [7, 11) is 1.62. The van der Waals surface area contributed by atoms with E-state index in [-0.39, 0.29) is 29.4 Å². The number of carbonyl (C=O) groups is 1. The molecule has 0 spiro atoms. The second-order valence-electron chi connectivity index (χ2n) is 8.47. The second-order valence-corrected chi connectivity index (χ2v) is 8.47. The number of nitrogen functional groups attached to an aromatic ring is 1. The zero-order valence-corrected chi connectivity index (χ0v) is 18.0. The maximum atomic E-state index is 15.2. The number of rotatable bonds is 2. The van der Waals surface area contributed by atoms with Gasteiger partial charge in [0.1, 0.15) is 22.9 Å². The lowest BCUT2D eigenvalue weighted by atomic mass is 9.87. The van der Waals surface area contributed by atoms with E-state index in [4.69, 9.17) is 15.2 Å². The van der Waals surface area contributed by atoms with Gasteiger partial charge in [-0.1, -0.05) is 6.07 Å². The summed E-state index contributed by atoms with van der Waals surface area (Å²) < 4.78 is 28.4. The summed E-state index contributed by atoms with van der Waals surface area (Å²) in [6.07, 6.45) is 4.68. The molecule has 0 aliphatic carbocycles. The molecule has 2 aromatic heterocycles. The van der Waals surface area contributed by atoms with E-state index >= 15 is 4.39 Å². The minimum absolute atomic E-state index is 0.00893. The molecule has 2 aliphatic rings. The van der Waals surface area contributed by atoms with Gasteiger partial charge in [0.25, 0.3) is 5.91 Å². The molecule has 8 nitrogen and oxygen atoms in total. The SMILES string of the molecule is COc1ccc2c(c1)COC1CCCN(C(=O)c3cc4c(cc3F)nc(N)c3cncn34)[C@@H]21. The van der Waals surface area contributed by atoms with Crippen LogP contribution in [0.25, 0.3) is 16.6 Å². The molecular weight excluding hydrogens is 425 g/mol. The number of methoxy groups -OCH3 is 1. The van der Waals surface area contributed by atoms with Crippen molar-refractivity contribution in [1.29, 1.82) is 0 Å². The van der Waals surface area contributed by atoms with E-state index in [0.29, 0.717) is 29.7 Å². The van der Waals surface area contributed by atoms with Gasteiger partial charge >= 0.3 is 0 Å². The Bertz CT molecular complexity index is 1420. The maximum absolute atomic E-state index is 15.2. The normalized spacial score (nSPS) is 20.0. The highest BCUT2D eigenvalue weighted by Crippen LogP contribution is 2.41. The number of piperidine rings is 1. The molecule has 4 heterocycles. The first kappa shape index (κ1) is 19.9. The Balaban J connectivity index is 1.45. The lowest BCUT2D eigenvalue weighted by Crippen LogP contribution is -2.48. The van der Waals surface area contributed by atoms with E-state index in [1.54, 1.807) is 28.9 Å². The molecule has 4 aromatic rings. The minimum Gasteiger partial charge on any atom is -0.497 e. The van der Waals surface area contributed by atoms with Crippen LogP contribution in [0.1, 0.15) is 40.4 Å². The molecular formula is C24H22FN5O3. The molecule has 33 heavy (non-hydrogen) atoms. The van der Waals surface area contributed by atoms with Gasteiger partial charge in [0.05, 0.1) is 55.0 Å². The molecule has 2 aliphatic heterocycles. The number of nitrogens with zero attached hydrogens (tertiary/aromatic N) is 4. The first-order chi connectivity index (χ1) is 16.0. The van der Waals surface area contributed by atoms with Crippen molar-refractivity contribution in [3.8, 4) is 5.75 Å². The summed E-state index contributed by atoms with van der Waals surface area (Å²) in [6, 6.07) is 8.32. The predicted octanol–water partition coefficient (Wildman–Crippen LogP) is 3.49. The summed E-state index contributed by atoms with van der Waals surface area (Å²) in [5.74, 6) is -0.0148. The van der Waals surface area contributed by atoms with Gasteiger partial charge in [-0.2, -0.15) is 0 Å². The fraction of sp³-hybridized carbons (Fsp3) is 0.292. The molecule has 0 saturated carbocycles. The molecule has 1 saturated heterocycles. The number of nitrogens with two attached hydrogens (primary N) is 1. The third kappa shape index (κ3) is 3.03. The highest BCUT2D eigenvalue weighted by Gasteiger charge is 2.40. The van der Waals surface area contributed by atoms with Crippen LogP contribution in [0.3, 0.4) is 0 Å². The second kappa shape index (κ2) is 7.41. The number of anilines is 1. The third-order valence-electron chi connectivity index (χ3n) is 6.65. The molecule has 6 rings (SSSR count). The van der Waals surface area contributed by atoms with Gasteiger partial charge in [0, 0.05) is 12.6 Å². The van der Waals surface area contributed by atoms with Gasteiger partial charge in [-0.3, -0.25) is 9.20 Å². The van der Waals surface area contributed by atoms with Crippen LogP contribution < -0.4 is 10.5 Å². The quantitative estimate of drug-likeness (QED) is 0.506. The van der Waals surface area contributed by atoms with Gasteiger partial charge in [-0.25, -0.2) is 14.4 Å². The van der Waals surface area contributed by atoms with Crippen LogP contribution in [-0.2, 0) is 11.3 Å². The number of benzene rings is 2. The number of hydrogen-bond acceptors (Lipinski definition) is 6. The lowest BCUT2D eigenvalue weighted by Gasteiger charge is -2.44. The van der Waals surface area contributed by atoms with Crippen molar-refractivity contribution in [3.63, 3.8) is 0 Å². The molecule has 1 fully saturated rings. The number of ether oxygens (including phenoxy) is 2. The fourth-order valence-electron chi connectivity index (χ4n) is 5.07. The van der Waals surface area contributed by atoms with Gasteiger partial charge in [0.15, 0.2) is 0 Å². The lowest BCUT2D eigenvalue weighted by molar-refractivity contribution is -0.0572. The number of amides is 1. The number of aromatic nitrogens is 3. The van der Waals surface area contributed by atoms with Gasteiger partial charge in [-0.15, -0.1) is 0 Å². The average Bonchev–Trinajstić information content (AvgIpc) is 3.33. The van der Waals surface area contributed by atoms with E-state index in [0.717, 1.165) is 29.7 Å². The first-order valence-electron chi connectivity index (χ1n) is 10.9. The largest absolute Gasteiger partial charge is 0.497 e. The summed E-state index contributed by atoms with van der Waals surface area (Å²) in [4.78, 5) is 23.9. The van der Waals surface area contributed by atoms with Gasteiger partial charge in [-0.05, 0) is 42.2 Å². The Morgan fingerprint density at radius 3 is 3.00 bits per heavy atom. The zero-order valence-electron chi connectivity index (χ0n) is 18.0. The van der Waals surface area contributed by atoms with Crippen molar-refractivity contribution in [2.24, 2.45) is 0 Å². The van der Waals surface area contributed by atoms with Crippen LogP contribution in [0.15, 0.2) is 42.9 Å². The summed E-state index contributed by atoms with van der Waals surface area (Å²) in [5, 5.41) is 0. The average molecular weight is 447 g/mol. The third-order valence-corrected chi connectivity index (χ3v) is 6.65. The van der Waals surface area contributed by atoms with Crippen LogP contribution in [0.4, 0.5) is 10.2 Å². The smallest absolute Gasteiger partial charge is 0.257 e. The molecule has 9 heteroatoms. The Hall–Kier alpha value is -3.72. The van der Waals surface area contributed by atoms with Gasteiger partial charge in [0.2, 0.25) is 0 Å². The summed E-state index contributed by atoms with van der Waals surface area (Å²) in [6.45, 7) is 0.985. The van der Waals surface area contributed by atoms with Crippen molar-refractivity contribution >= 4 is 28.3 Å². The summed E-state index contributed by atoms with van der Waals surface area (Å²) >= 11 is 0. The Morgan fingerprint density at radius 1 is 1.27 bits per heavy atom. The van der Waals surface area contributed by atoms with E-state index in [9.17, 15) is 4.79 Å². The number of fused-ring (bicyclic) bond motifs is 6. The fourth-order valence-corrected chi connectivity index (χ4v) is 5.07. The molecule has 2 aromatic carbocycles. The maximum Gasteiger partial charge on any atom is 0.257 e. The molecule has 0 bridgehead atoms. The molecule has 1 unspecified atom stereocenters. The minimum atomic E-state index is -0.632. The Labute approximate surface area is 188 Å². The molecule has 2 atom stereocenters. The monoisotopic (exact) mass is 447 g/mol. The van der Waals surface area contributed by atoms with E-state index < -0.39 is 5.82 Å². The number of hydrogen-bond donors (Lipinski definition) is 1. The van der Waals surface area contributed by atoms with Crippen molar-refractivity contribution < 1.29 is 18.7 Å². The highest BCUT2D eigenvalue weighted by atomic mass is 19.1.